The molecule has 1 aliphatic rings. The SMILES string of the molecule is C[C@@H](c1cccc2ccccc12)N1C(=O)c2ccc(N)cc2C1=O. The van der Waals surface area contributed by atoms with Gasteiger partial charge in [-0.25, -0.2) is 0 Å². The van der Waals surface area contributed by atoms with Crippen LogP contribution < -0.4 is 5.73 Å². The number of nitrogen functional groups attached to an aromatic ring is 1. The Kier molecular flexibility index (Phi) is 3.13. The van der Waals surface area contributed by atoms with E-state index in [-0.39, 0.29) is 17.9 Å². The summed E-state index contributed by atoms with van der Waals surface area (Å²) in [5, 5.41) is 2.13. The first-order chi connectivity index (χ1) is 11.6. The third-order valence-corrected chi connectivity index (χ3v) is 4.60. The van der Waals surface area contributed by atoms with Crippen LogP contribution >= 0.6 is 0 Å². The number of rotatable bonds is 2. The minimum Gasteiger partial charge on any atom is -0.399 e. The molecule has 0 aromatic heterocycles. The van der Waals surface area contributed by atoms with E-state index >= 15 is 0 Å². The van der Waals surface area contributed by atoms with Crippen molar-refractivity contribution >= 4 is 28.3 Å². The number of imide groups is 1. The molecule has 24 heavy (non-hydrogen) atoms. The van der Waals surface area contributed by atoms with E-state index < -0.39 is 0 Å². The minimum atomic E-state index is -0.357. The molecule has 3 aromatic rings. The summed E-state index contributed by atoms with van der Waals surface area (Å²) in [4.78, 5) is 26.8. The summed E-state index contributed by atoms with van der Waals surface area (Å²) in [6.07, 6.45) is 0. The van der Waals surface area contributed by atoms with Crippen molar-refractivity contribution in [2.24, 2.45) is 0 Å². The van der Waals surface area contributed by atoms with Gasteiger partial charge in [0.15, 0.2) is 0 Å². The van der Waals surface area contributed by atoms with Crippen molar-refractivity contribution in [1.82, 2.24) is 4.90 Å². The molecular formula is C20H16N2O2. The van der Waals surface area contributed by atoms with E-state index in [1.165, 1.54) is 4.90 Å². The molecule has 3 aromatic carbocycles. The average Bonchev–Trinajstić information content (AvgIpc) is 2.84. The maximum Gasteiger partial charge on any atom is 0.262 e. The Morgan fingerprint density at radius 2 is 1.58 bits per heavy atom. The number of amides is 2. The Morgan fingerprint density at radius 3 is 2.42 bits per heavy atom. The maximum atomic E-state index is 12.8. The first-order valence-electron chi connectivity index (χ1n) is 7.83. The van der Waals surface area contributed by atoms with Crippen LogP contribution in [0.1, 0.15) is 39.2 Å². The van der Waals surface area contributed by atoms with E-state index in [4.69, 9.17) is 5.73 Å². The van der Waals surface area contributed by atoms with Crippen LogP contribution in [0.5, 0.6) is 0 Å². The van der Waals surface area contributed by atoms with E-state index in [1.807, 2.05) is 49.4 Å². The third kappa shape index (κ3) is 2.00. The zero-order chi connectivity index (χ0) is 16.8. The Bertz CT molecular complexity index is 989. The van der Waals surface area contributed by atoms with E-state index in [0.717, 1.165) is 16.3 Å². The Balaban J connectivity index is 1.82. The second-order valence-electron chi connectivity index (χ2n) is 6.03. The van der Waals surface area contributed by atoms with E-state index in [0.29, 0.717) is 16.8 Å². The monoisotopic (exact) mass is 316 g/mol. The number of carbonyl (C=O) groups is 2. The van der Waals surface area contributed by atoms with Crippen LogP contribution in [0, 0.1) is 0 Å². The van der Waals surface area contributed by atoms with Gasteiger partial charge in [0.2, 0.25) is 0 Å². The fourth-order valence-corrected chi connectivity index (χ4v) is 3.38. The summed E-state index contributed by atoms with van der Waals surface area (Å²) < 4.78 is 0. The molecule has 0 unspecified atom stereocenters. The van der Waals surface area contributed by atoms with Gasteiger partial charge in [-0.15, -0.1) is 0 Å². The quantitative estimate of drug-likeness (QED) is 0.578. The largest absolute Gasteiger partial charge is 0.399 e. The summed E-state index contributed by atoms with van der Waals surface area (Å²) >= 11 is 0. The van der Waals surface area contributed by atoms with Crippen LogP contribution in [0.3, 0.4) is 0 Å². The lowest BCUT2D eigenvalue weighted by Crippen LogP contribution is -2.32. The lowest BCUT2D eigenvalue weighted by Gasteiger charge is -2.24. The van der Waals surface area contributed by atoms with Crippen molar-refractivity contribution in [3.63, 3.8) is 0 Å². The molecule has 4 rings (SSSR count). The van der Waals surface area contributed by atoms with Gasteiger partial charge in [-0.2, -0.15) is 0 Å². The smallest absolute Gasteiger partial charge is 0.262 e. The van der Waals surface area contributed by atoms with Crippen LogP contribution in [0.4, 0.5) is 5.69 Å². The van der Waals surface area contributed by atoms with Gasteiger partial charge in [-0.1, -0.05) is 42.5 Å². The van der Waals surface area contributed by atoms with Crippen LogP contribution in [0.25, 0.3) is 10.8 Å². The highest BCUT2D eigenvalue weighted by molar-refractivity contribution is 6.22. The molecule has 1 heterocycles. The Morgan fingerprint density at radius 1 is 0.875 bits per heavy atom. The lowest BCUT2D eigenvalue weighted by molar-refractivity contribution is 0.0596. The van der Waals surface area contributed by atoms with E-state index in [9.17, 15) is 9.59 Å². The highest BCUT2D eigenvalue weighted by Crippen LogP contribution is 2.34. The number of fused-ring (bicyclic) bond motifs is 2. The molecule has 0 saturated carbocycles. The molecule has 1 atom stereocenters. The Hall–Kier alpha value is -3.14. The van der Waals surface area contributed by atoms with Crippen molar-refractivity contribution in [2.75, 3.05) is 5.73 Å². The summed E-state index contributed by atoms with van der Waals surface area (Å²) in [6.45, 7) is 1.88. The van der Waals surface area contributed by atoms with Gasteiger partial charge in [-0.3, -0.25) is 14.5 Å². The standard InChI is InChI=1S/C20H16N2O2/c1-12(15-8-4-6-13-5-2-3-7-16(13)15)22-19(23)17-10-9-14(21)11-18(17)20(22)24/h2-12H,21H2,1H3/t12-/m0/s1. The van der Waals surface area contributed by atoms with Crippen LogP contribution in [0.15, 0.2) is 60.7 Å². The third-order valence-electron chi connectivity index (χ3n) is 4.60. The first-order valence-corrected chi connectivity index (χ1v) is 7.83. The molecule has 4 nitrogen and oxygen atoms in total. The number of nitrogens with two attached hydrogens (primary N) is 1. The molecule has 0 spiro atoms. The topological polar surface area (TPSA) is 63.4 Å². The minimum absolute atomic E-state index is 0.268. The highest BCUT2D eigenvalue weighted by atomic mass is 16.2. The fourth-order valence-electron chi connectivity index (χ4n) is 3.38. The van der Waals surface area contributed by atoms with Crippen LogP contribution in [0.2, 0.25) is 0 Å². The van der Waals surface area contributed by atoms with Gasteiger partial charge < -0.3 is 5.73 Å². The van der Waals surface area contributed by atoms with Crippen molar-refractivity contribution in [2.45, 2.75) is 13.0 Å². The summed E-state index contributed by atoms with van der Waals surface area (Å²) in [6, 6.07) is 18.4. The molecule has 2 amide bonds. The summed E-state index contributed by atoms with van der Waals surface area (Å²) in [5.41, 5.74) is 8.00. The van der Waals surface area contributed by atoms with E-state index in [2.05, 4.69) is 0 Å². The lowest BCUT2D eigenvalue weighted by atomic mass is 9.99. The fraction of sp³-hybridized carbons (Fsp3) is 0.100. The summed E-state index contributed by atoms with van der Waals surface area (Å²) in [7, 11) is 0. The van der Waals surface area contributed by atoms with Gasteiger partial charge in [0, 0.05) is 5.69 Å². The number of hydrogen-bond donors (Lipinski definition) is 1. The Labute approximate surface area is 139 Å². The second kappa shape index (κ2) is 5.20. The molecule has 1 aliphatic heterocycles. The first kappa shape index (κ1) is 14.5. The van der Waals surface area contributed by atoms with Crippen LogP contribution in [-0.2, 0) is 0 Å². The maximum absolute atomic E-state index is 12.8. The number of nitrogens with zero attached hydrogens (tertiary/aromatic N) is 1. The average molecular weight is 316 g/mol. The van der Waals surface area contributed by atoms with Crippen molar-refractivity contribution < 1.29 is 9.59 Å². The van der Waals surface area contributed by atoms with Crippen molar-refractivity contribution in [3.05, 3.63) is 77.4 Å². The van der Waals surface area contributed by atoms with Crippen LogP contribution in [-0.4, -0.2) is 16.7 Å². The number of benzene rings is 3. The normalized spacial score (nSPS) is 15.0. The number of hydrogen-bond acceptors (Lipinski definition) is 3. The molecule has 0 fully saturated rings. The molecular weight excluding hydrogens is 300 g/mol. The zero-order valence-corrected chi connectivity index (χ0v) is 13.2. The van der Waals surface area contributed by atoms with Gasteiger partial charge in [-0.05, 0) is 41.5 Å². The zero-order valence-electron chi connectivity index (χ0n) is 13.2. The molecule has 0 saturated heterocycles. The molecule has 2 N–H and O–H groups in total. The number of anilines is 1. The molecule has 0 bridgehead atoms. The molecule has 4 heteroatoms. The van der Waals surface area contributed by atoms with Crippen molar-refractivity contribution in [1.29, 1.82) is 0 Å². The van der Waals surface area contributed by atoms with E-state index in [1.54, 1.807) is 18.2 Å². The second-order valence-corrected chi connectivity index (χ2v) is 6.03. The predicted octanol–water partition coefficient (Wildman–Crippen LogP) is 3.78. The summed E-state index contributed by atoms with van der Waals surface area (Å²) in [5.74, 6) is -0.557. The van der Waals surface area contributed by atoms with Crippen molar-refractivity contribution in [3.8, 4) is 0 Å². The van der Waals surface area contributed by atoms with Gasteiger partial charge in [0.25, 0.3) is 11.8 Å². The molecule has 0 radical (unpaired) electrons. The molecule has 118 valence electrons. The van der Waals surface area contributed by atoms with Gasteiger partial charge >= 0.3 is 0 Å². The molecule has 0 aliphatic carbocycles. The number of carbonyl (C=O) groups excluding carboxylic acids is 2. The highest BCUT2D eigenvalue weighted by Gasteiger charge is 2.39. The van der Waals surface area contributed by atoms with Gasteiger partial charge in [0.1, 0.15) is 0 Å². The van der Waals surface area contributed by atoms with Gasteiger partial charge in [0.05, 0.1) is 17.2 Å². The predicted molar refractivity (Wildman–Crippen MR) is 93.7 cm³/mol.